The monoisotopic (exact) mass is 1800 g/mol. The molecule has 5 aromatic heterocycles. The van der Waals surface area contributed by atoms with Crippen LogP contribution in [-0.4, -0.2) is 94.5 Å². The number of nitrogens with one attached hydrogen (secondary N) is 3. The summed E-state index contributed by atoms with van der Waals surface area (Å²) in [7, 11) is 10.9. The Morgan fingerprint density at radius 3 is 1.05 bits per heavy atom. The van der Waals surface area contributed by atoms with Crippen molar-refractivity contribution in [3.8, 4) is 28.7 Å². The molecule has 0 aliphatic heterocycles. The summed E-state index contributed by atoms with van der Waals surface area (Å²) in [5.74, 6) is 0.937. The van der Waals surface area contributed by atoms with Crippen LogP contribution in [0.1, 0.15) is 109 Å². The number of aromatic hydroxyl groups is 1. The number of aliphatic carboxylic acids is 1. The number of anilines is 3. The maximum Gasteiger partial charge on any atom is 0.288 e. The van der Waals surface area contributed by atoms with Crippen molar-refractivity contribution in [2.24, 2.45) is 0 Å². The molecule has 5 radical (unpaired) electrons. The molecule has 5 heterocycles. The fraction of sp³-hybridized carbons (Fsp3) is 0.429. The van der Waals surface area contributed by atoms with Gasteiger partial charge in [0.1, 0.15) is 39.9 Å². The molecule has 0 bridgehead atoms. The van der Waals surface area contributed by atoms with Crippen molar-refractivity contribution in [3.63, 3.8) is 0 Å². The van der Waals surface area contributed by atoms with Gasteiger partial charge in [-0.05, 0) is 31.5 Å². The number of amides is 1. The molecule has 471 valence electrons. The second kappa shape index (κ2) is 58.8. The van der Waals surface area contributed by atoms with E-state index in [0.717, 1.165) is 33.9 Å². The number of carboxylic acid groups (broad SMARTS) is 1. The fourth-order valence-electron chi connectivity index (χ4n) is 6.52. The van der Waals surface area contributed by atoms with Crippen LogP contribution >= 0.6 is 37.2 Å². The van der Waals surface area contributed by atoms with E-state index >= 15 is 0 Å². The Morgan fingerprint density at radius 2 is 0.753 bits per heavy atom. The van der Waals surface area contributed by atoms with Gasteiger partial charge in [-0.15, -0.1) is 26.2 Å². The number of carbonyl (C=O) groups excluding carboxylic acids is 1. The van der Waals surface area contributed by atoms with Crippen molar-refractivity contribution in [1.29, 1.82) is 0 Å². The molecule has 22 nitrogen and oxygen atoms in total. The summed E-state index contributed by atoms with van der Waals surface area (Å²) in [4.78, 5) is 78.5. The predicted octanol–water partition coefficient (Wildman–Crippen LogP) is 9.22. The van der Waals surface area contributed by atoms with Gasteiger partial charge < -0.3 is 97.7 Å². The largest absolute Gasteiger partial charge is 0.510 e. The van der Waals surface area contributed by atoms with E-state index in [1.54, 1.807) is 130 Å². The van der Waals surface area contributed by atoms with Crippen LogP contribution in [0.2, 0.25) is 0 Å². The quantitative estimate of drug-likeness (QED) is 0.0501. The molecule has 0 aromatic carbocycles. The summed E-state index contributed by atoms with van der Waals surface area (Å²) in [5.41, 5.74) is 10.3. The Hall–Kier alpha value is -1.58. The first-order valence-electron chi connectivity index (χ1n) is 24.5. The Labute approximate surface area is 654 Å². The third-order valence-electron chi connectivity index (χ3n) is 10.5. The molecular formula is C56H90I2N9O13Y5-5. The number of aromatic nitrogens is 5. The van der Waals surface area contributed by atoms with Gasteiger partial charge in [-0.1, -0.05) is 156 Å². The van der Waals surface area contributed by atoms with Crippen molar-refractivity contribution in [2.45, 2.75) is 118 Å². The minimum atomic E-state index is -1.18. The van der Waals surface area contributed by atoms with E-state index in [0.29, 0.717) is 45.5 Å². The molecule has 7 N–H and O–H groups in total. The van der Waals surface area contributed by atoms with Crippen LogP contribution in [0.4, 0.5) is 17.1 Å². The van der Waals surface area contributed by atoms with Crippen molar-refractivity contribution < 1.29 is 202 Å². The summed E-state index contributed by atoms with van der Waals surface area (Å²) >= 11 is 4.24. The molecule has 1 amide bonds. The number of nitrogens with zero attached hydrogens (tertiary/aromatic N) is 5. The van der Waals surface area contributed by atoms with Gasteiger partial charge in [0, 0.05) is 229 Å². The number of pyridine rings is 5. The first kappa shape index (κ1) is 105. The number of ether oxygens (including phenoxy) is 4. The minimum absolute atomic E-state index is 0. The van der Waals surface area contributed by atoms with Gasteiger partial charge in [-0.25, -0.2) is 0 Å². The zero-order chi connectivity index (χ0) is 62.6. The number of hydrogen-bond acceptors (Lipinski definition) is 15. The Balaban J connectivity index is -0.0000000976. The molecule has 0 spiro atoms. The zero-order valence-electron chi connectivity index (χ0n) is 53.1. The number of halogens is 2. The van der Waals surface area contributed by atoms with Gasteiger partial charge in [0.05, 0.1) is 45.5 Å². The molecule has 0 saturated heterocycles. The van der Waals surface area contributed by atoms with Crippen molar-refractivity contribution in [2.75, 3.05) is 65.9 Å². The summed E-state index contributed by atoms with van der Waals surface area (Å²) < 4.78 is 27.4. The molecule has 5 aromatic rings. The summed E-state index contributed by atoms with van der Waals surface area (Å²) in [5, 5.41) is 25.8. The van der Waals surface area contributed by atoms with Gasteiger partial charge in [-0.2, -0.15) is 0 Å². The van der Waals surface area contributed by atoms with Crippen molar-refractivity contribution in [3.05, 3.63) is 154 Å². The normalized spacial score (nSPS) is 8.44. The van der Waals surface area contributed by atoms with E-state index in [4.69, 9.17) is 29.8 Å². The first-order valence-corrected chi connectivity index (χ1v) is 30.8. The number of carbonyl (C=O) groups is 2. The molecule has 0 unspecified atom stereocenters. The van der Waals surface area contributed by atoms with Gasteiger partial charge in [0.25, 0.3) is 5.97 Å². The standard InChI is InChI=1S/C10H13N2O4.C10H15N2O2.C10H14NO2.C9H13N2O2.C9H12NO2.C3H7NO.2C2H6.CH4.I2.5Y/c1-6-4-7(16-3)9(11-2)10(15)12(6)5-8(13)14;1-5-12-7(2)6-8(14-4)9(11-3)10(12)13;1-5-11-7(2)6-9(13-4)8(3)10(11)12;1-4-11-6(2)5-7(13-3)8(10)9(11)12;1-4-10-6(2)5-8(11)7(3)9(10)12;1-3(5)4-2;2*1-2;;1-2;;;;;/h4-5,11H,1-3H3,(H,13,14);5-6,11H,1-4H3;5-6H,1-4H3;4-5H,10H2,1-3H3;4-5,11H,1-3H3;1-2H3,(H,4,5);2*1-2H3;1H4;;;;;;/q5*-1;;;;;;;;;;. The van der Waals surface area contributed by atoms with E-state index in [-0.39, 0.29) is 216 Å². The van der Waals surface area contributed by atoms with Gasteiger partial charge >= 0.3 is 0 Å². The first-order chi connectivity index (χ1) is 37.2. The number of carboxylic acids is 1. The molecular weight excluding hydrogens is 1710 g/mol. The van der Waals surface area contributed by atoms with Crippen LogP contribution in [0.25, 0.3) is 0 Å². The van der Waals surface area contributed by atoms with Crippen molar-refractivity contribution >= 4 is 66.2 Å². The van der Waals surface area contributed by atoms with E-state index in [9.17, 15) is 38.7 Å². The van der Waals surface area contributed by atoms with E-state index in [2.05, 4.69) is 53.2 Å². The minimum Gasteiger partial charge on any atom is -0.510 e. The molecule has 0 aliphatic carbocycles. The summed E-state index contributed by atoms with van der Waals surface area (Å²) in [6, 6.07) is 8.59. The van der Waals surface area contributed by atoms with E-state index < -0.39 is 11.5 Å². The maximum absolute atomic E-state index is 11.9. The fourth-order valence-corrected chi connectivity index (χ4v) is 6.52. The molecule has 0 saturated carbocycles. The third kappa shape index (κ3) is 34.4. The van der Waals surface area contributed by atoms with Crippen molar-refractivity contribution in [1.82, 2.24) is 28.2 Å². The second-order valence-corrected chi connectivity index (χ2v) is 15.2. The summed E-state index contributed by atoms with van der Waals surface area (Å²) in [6.07, 6.45) is 0. The van der Waals surface area contributed by atoms with Crippen LogP contribution in [0, 0.1) is 81.2 Å². The van der Waals surface area contributed by atoms with Crippen LogP contribution in [0.5, 0.6) is 28.7 Å². The van der Waals surface area contributed by atoms with Crippen LogP contribution in [-0.2, 0) is 173 Å². The Morgan fingerprint density at radius 1 is 0.494 bits per heavy atom. The number of aryl methyl sites for hydroxylation is 5. The predicted molar refractivity (Wildman–Crippen MR) is 344 cm³/mol. The molecule has 29 heteroatoms. The van der Waals surface area contributed by atoms with E-state index in [1.807, 2.05) is 74.4 Å². The Bertz CT molecular complexity index is 2920. The smallest absolute Gasteiger partial charge is 0.288 e. The maximum atomic E-state index is 11.9. The molecule has 0 aliphatic rings. The molecule has 0 fully saturated rings. The van der Waals surface area contributed by atoms with Crippen LogP contribution in [0.3, 0.4) is 0 Å². The average Bonchev–Trinajstić information content (AvgIpc) is 3.43. The second-order valence-electron chi connectivity index (χ2n) is 15.2. The number of nitrogens with two attached hydrogens (primary N) is 1. The number of rotatable bonds is 12. The molecule has 0 atom stereocenters. The van der Waals surface area contributed by atoms with Crippen LogP contribution < -0.4 is 68.4 Å². The molecule has 85 heavy (non-hydrogen) atoms. The average molecular weight is 1800 g/mol. The SMILES string of the molecule is C.CC.CC.CNC(C)=O.CNc1c(OC)cc(C)n([CH-]C(=O)O)c1=O.C[CH-]n1c(C)cc(O)c(C)c1=O.C[CH-]n1c(C)cc(OC)c(C)c1=O.C[CH-]n1c(C)cc(OC)c(N)c1=O.C[CH-]n1c(C)cc(OC)c(NC)c1=O.II.[Y].[Y].[Y].[Y].[Y]. The number of methoxy groups -OCH3 is 4. The van der Waals surface area contributed by atoms with Gasteiger partial charge in [0.2, 0.25) is 5.91 Å². The van der Waals surface area contributed by atoms with Crippen LogP contribution in [0.15, 0.2) is 54.3 Å². The molecule has 5 rings (SSSR count). The third-order valence-corrected chi connectivity index (χ3v) is 10.5. The number of nitrogen functional groups attached to an aromatic ring is 1. The zero-order valence-corrected chi connectivity index (χ0v) is 71.6. The number of hydrogen-bond donors (Lipinski definition) is 6. The van der Waals surface area contributed by atoms with E-state index in [1.165, 1.54) is 30.3 Å². The topological polar surface area (TPSA) is 284 Å². The van der Waals surface area contributed by atoms with Gasteiger partial charge in [0.15, 0.2) is 16.7 Å². The Kier molecular flexibility index (Phi) is 72.7. The van der Waals surface area contributed by atoms with Gasteiger partial charge in [-0.3, -0.25) is 9.59 Å². The summed E-state index contributed by atoms with van der Waals surface area (Å²) in [6.45, 7) is 36.7.